The highest BCUT2D eigenvalue weighted by Gasteiger charge is 2.19. The lowest BCUT2D eigenvalue weighted by molar-refractivity contribution is 0.384. The van der Waals surface area contributed by atoms with E-state index in [1.807, 2.05) is 18.2 Å². The average Bonchev–Trinajstić information content (AvgIpc) is 3.12. The molecule has 0 saturated carbocycles. The predicted molar refractivity (Wildman–Crippen MR) is 102 cm³/mol. The van der Waals surface area contributed by atoms with Gasteiger partial charge < -0.3 is 14.4 Å². The number of anilines is 1. The third-order valence-electron chi connectivity index (χ3n) is 4.21. The first-order valence-electron chi connectivity index (χ1n) is 8.49. The minimum absolute atomic E-state index is 0.197. The summed E-state index contributed by atoms with van der Waals surface area (Å²) in [6.45, 7) is 3.52. The van der Waals surface area contributed by atoms with E-state index >= 15 is 0 Å². The van der Waals surface area contributed by atoms with Crippen LogP contribution in [0.3, 0.4) is 0 Å². The number of aromatic nitrogens is 4. The van der Waals surface area contributed by atoms with Crippen LogP contribution in [0.25, 0.3) is 11.0 Å². The van der Waals surface area contributed by atoms with Gasteiger partial charge in [0, 0.05) is 6.54 Å². The molecule has 0 amide bonds. The smallest absolute Gasteiger partial charge is 0.225 e. The van der Waals surface area contributed by atoms with Crippen molar-refractivity contribution in [3.63, 3.8) is 0 Å². The van der Waals surface area contributed by atoms with Gasteiger partial charge in [-0.05, 0) is 30.2 Å². The average molecular weight is 376 g/mol. The fourth-order valence-corrected chi connectivity index (χ4v) is 3.08. The molecule has 7 nitrogen and oxygen atoms in total. The Morgan fingerprint density at radius 2 is 1.88 bits per heavy atom. The maximum Gasteiger partial charge on any atom is 0.225 e. The zero-order valence-electron chi connectivity index (χ0n) is 15.1. The van der Waals surface area contributed by atoms with Crippen molar-refractivity contribution in [2.24, 2.45) is 0 Å². The minimum Gasteiger partial charge on any atom is -0.496 e. The second kappa shape index (κ2) is 8.23. The number of nitrogens with one attached hydrogen (secondary N) is 1. The topological polar surface area (TPSA) is 76.2 Å². The number of H-pyrrole nitrogens is 1. The Balaban J connectivity index is 2.06. The predicted octanol–water partition coefficient (Wildman–Crippen LogP) is 3.83. The van der Waals surface area contributed by atoms with Gasteiger partial charge in [0.25, 0.3) is 0 Å². The summed E-state index contributed by atoms with van der Waals surface area (Å²) < 4.78 is 11.1. The van der Waals surface area contributed by atoms with Gasteiger partial charge in [-0.3, -0.25) is 5.10 Å². The van der Waals surface area contributed by atoms with Crippen LogP contribution in [0.1, 0.15) is 25.3 Å². The molecule has 0 bridgehead atoms. The van der Waals surface area contributed by atoms with Crippen molar-refractivity contribution >= 4 is 28.5 Å². The van der Waals surface area contributed by atoms with Crippen molar-refractivity contribution in [1.29, 1.82) is 0 Å². The van der Waals surface area contributed by atoms with Crippen LogP contribution in [0.4, 0.5) is 5.82 Å². The Morgan fingerprint density at radius 1 is 1.15 bits per heavy atom. The summed E-state index contributed by atoms with van der Waals surface area (Å²) in [7, 11) is 3.31. The lowest BCUT2D eigenvalue weighted by Crippen LogP contribution is -2.26. The number of rotatable bonds is 8. The summed E-state index contributed by atoms with van der Waals surface area (Å²) in [6, 6.07) is 5.76. The van der Waals surface area contributed by atoms with E-state index in [1.165, 1.54) is 0 Å². The Morgan fingerprint density at radius 3 is 2.54 bits per heavy atom. The molecule has 0 atom stereocenters. The normalized spacial score (nSPS) is 10.9. The molecule has 0 saturated heterocycles. The number of benzene rings is 1. The van der Waals surface area contributed by atoms with E-state index in [9.17, 15) is 0 Å². The number of hydrogen-bond donors (Lipinski definition) is 1. The molecule has 0 aliphatic carbocycles. The third-order valence-corrected chi connectivity index (χ3v) is 4.38. The van der Waals surface area contributed by atoms with Gasteiger partial charge in [0.1, 0.15) is 22.5 Å². The SMILES string of the molecule is CCCCN(Cc1c(OC)cccc1OC)c1nc(Cl)nc2cn[nH]c12. The Kier molecular flexibility index (Phi) is 5.78. The molecule has 0 radical (unpaired) electrons. The number of aromatic amines is 1. The molecule has 26 heavy (non-hydrogen) atoms. The van der Waals surface area contributed by atoms with Gasteiger partial charge in [-0.25, -0.2) is 4.98 Å². The van der Waals surface area contributed by atoms with Crippen molar-refractivity contribution < 1.29 is 9.47 Å². The van der Waals surface area contributed by atoms with Crippen molar-refractivity contribution in [3.05, 3.63) is 35.2 Å². The summed E-state index contributed by atoms with van der Waals surface area (Å²) in [5.74, 6) is 2.26. The quantitative estimate of drug-likeness (QED) is 0.603. The highest BCUT2D eigenvalue weighted by molar-refractivity contribution is 6.28. The lowest BCUT2D eigenvalue weighted by Gasteiger charge is -2.26. The first kappa shape index (κ1) is 18.3. The Hall–Kier alpha value is -2.54. The standard InChI is InChI=1S/C18H22ClN5O2/c1-4-5-9-24(11-12-14(25-2)7-6-8-15(12)26-3)17-16-13(10-20-23-16)21-18(19)22-17/h6-8,10H,4-5,9,11H2,1-3H3,(H,20,23). The number of methoxy groups -OCH3 is 2. The van der Waals surface area contributed by atoms with E-state index in [2.05, 4.69) is 32.0 Å². The van der Waals surface area contributed by atoms with Crippen molar-refractivity contribution in [2.75, 3.05) is 25.7 Å². The summed E-state index contributed by atoms with van der Waals surface area (Å²) in [4.78, 5) is 10.8. The number of halogens is 1. The molecule has 1 N–H and O–H groups in total. The van der Waals surface area contributed by atoms with Crippen LogP contribution in [-0.2, 0) is 6.54 Å². The first-order chi connectivity index (χ1) is 12.7. The second-order valence-corrected chi connectivity index (χ2v) is 6.20. The van der Waals surface area contributed by atoms with Crippen LogP contribution in [0, 0.1) is 0 Å². The van der Waals surface area contributed by atoms with Crippen LogP contribution in [-0.4, -0.2) is 40.9 Å². The fourth-order valence-electron chi connectivity index (χ4n) is 2.91. The molecule has 3 aromatic rings. The molecule has 2 aromatic heterocycles. The van der Waals surface area contributed by atoms with Crippen LogP contribution >= 0.6 is 11.6 Å². The minimum atomic E-state index is 0.197. The molecular formula is C18H22ClN5O2. The summed E-state index contributed by atoms with van der Waals surface area (Å²) >= 11 is 6.14. The molecule has 0 unspecified atom stereocenters. The van der Waals surface area contributed by atoms with Crippen LogP contribution in [0.2, 0.25) is 5.28 Å². The van der Waals surface area contributed by atoms with Crippen molar-refractivity contribution in [3.8, 4) is 11.5 Å². The largest absolute Gasteiger partial charge is 0.496 e. The summed E-state index contributed by atoms with van der Waals surface area (Å²) in [5, 5.41) is 7.25. The second-order valence-electron chi connectivity index (χ2n) is 5.86. The number of ether oxygens (including phenoxy) is 2. The van der Waals surface area contributed by atoms with Gasteiger partial charge in [0.2, 0.25) is 5.28 Å². The van der Waals surface area contributed by atoms with Gasteiger partial charge in [0.15, 0.2) is 5.82 Å². The monoisotopic (exact) mass is 375 g/mol. The van der Waals surface area contributed by atoms with Crippen molar-refractivity contribution in [1.82, 2.24) is 20.2 Å². The van der Waals surface area contributed by atoms with Gasteiger partial charge >= 0.3 is 0 Å². The van der Waals surface area contributed by atoms with Crippen LogP contribution in [0.15, 0.2) is 24.4 Å². The van der Waals surface area contributed by atoms with Gasteiger partial charge in [-0.1, -0.05) is 19.4 Å². The third kappa shape index (κ3) is 3.67. The molecule has 2 heterocycles. The van der Waals surface area contributed by atoms with E-state index in [1.54, 1.807) is 20.4 Å². The van der Waals surface area contributed by atoms with Gasteiger partial charge in [-0.15, -0.1) is 0 Å². The van der Waals surface area contributed by atoms with E-state index in [0.717, 1.165) is 47.8 Å². The van der Waals surface area contributed by atoms with E-state index in [4.69, 9.17) is 21.1 Å². The van der Waals surface area contributed by atoms with E-state index in [0.29, 0.717) is 12.1 Å². The fraction of sp³-hybridized carbons (Fsp3) is 0.389. The van der Waals surface area contributed by atoms with Gasteiger partial charge in [0.05, 0.1) is 32.5 Å². The number of nitrogens with zero attached hydrogens (tertiary/aromatic N) is 4. The molecule has 0 fully saturated rings. The molecule has 0 spiro atoms. The van der Waals surface area contributed by atoms with E-state index in [-0.39, 0.29) is 5.28 Å². The maximum absolute atomic E-state index is 6.14. The molecular weight excluding hydrogens is 354 g/mol. The van der Waals surface area contributed by atoms with Crippen molar-refractivity contribution in [2.45, 2.75) is 26.3 Å². The summed E-state index contributed by atoms with van der Waals surface area (Å²) in [6.07, 6.45) is 3.72. The number of unbranched alkanes of at least 4 members (excludes halogenated alkanes) is 1. The zero-order valence-corrected chi connectivity index (χ0v) is 15.9. The zero-order chi connectivity index (χ0) is 18.5. The number of hydrogen-bond acceptors (Lipinski definition) is 6. The summed E-state index contributed by atoms with van der Waals surface area (Å²) in [5.41, 5.74) is 2.41. The Bertz CT molecular complexity index is 861. The molecule has 138 valence electrons. The molecule has 8 heteroatoms. The van der Waals surface area contributed by atoms with Crippen LogP contribution < -0.4 is 14.4 Å². The molecule has 0 aliphatic rings. The highest BCUT2D eigenvalue weighted by atomic mass is 35.5. The molecule has 3 rings (SSSR count). The first-order valence-corrected chi connectivity index (χ1v) is 8.87. The lowest BCUT2D eigenvalue weighted by atomic mass is 10.1. The van der Waals surface area contributed by atoms with E-state index < -0.39 is 0 Å². The molecule has 1 aromatic carbocycles. The van der Waals surface area contributed by atoms with Crippen LogP contribution in [0.5, 0.6) is 11.5 Å². The van der Waals surface area contributed by atoms with Gasteiger partial charge in [-0.2, -0.15) is 10.1 Å². The Labute approximate surface area is 157 Å². The number of fused-ring (bicyclic) bond motifs is 1. The molecule has 0 aliphatic heterocycles. The maximum atomic E-state index is 6.14. The highest BCUT2D eigenvalue weighted by Crippen LogP contribution is 2.32.